The highest BCUT2D eigenvalue weighted by atomic mass is 35.5. The average Bonchev–Trinajstić information content (AvgIpc) is 2.73. The van der Waals surface area contributed by atoms with Crippen molar-refractivity contribution in [3.8, 4) is 17.2 Å². The summed E-state index contributed by atoms with van der Waals surface area (Å²) in [5.41, 5.74) is 1.65. The first kappa shape index (κ1) is 21.8. The number of hydrogen-bond acceptors (Lipinski definition) is 6. The summed E-state index contributed by atoms with van der Waals surface area (Å²) in [6.45, 7) is 5.83. The van der Waals surface area contributed by atoms with Crippen LogP contribution in [0.3, 0.4) is 0 Å². The molecular formula is C22H24ClNO6. The molecule has 0 radical (unpaired) electrons. The number of carbonyl (C=O) groups excluding carboxylic acids is 2. The van der Waals surface area contributed by atoms with Crippen molar-refractivity contribution >= 4 is 23.5 Å². The van der Waals surface area contributed by atoms with Crippen molar-refractivity contribution in [1.82, 2.24) is 5.32 Å². The second kappa shape index (κ2) is 9.71. The maximum atomic E-state index is 12.2. The van der Waals surface area contributed by atoms with E-state index in [0.717, 1.165) is 11.1 Å². The molecule has 3 rings (SSSR count). The smallest absolute Gasteiger partial charge is 0.347 e. The van der Waals surface area contributed by atoms with Gasteiger partial charge in [0.15, 0.2) is 24.2 Å². The summed E-state index contributed by atoms with van der Waals surface area (Å²) < 4.78 is 21.7. The molecule has 1 aliphatic heterocycles. The molecule has 2 unspecified atom stereocenters. The van der Waals surface area contributed by atoms with Crippen LogP contribution in [-0.2, 0) is 14.3 Å². The van der Waals surface area contributed by atoms with E-state index in [2.05, 4.69) is 5.32 Å². The second-order valence-corrected chi connectivity index (χ2v) is 7.41. The lowest BCUT2D eigenvalue weighted by Crippen LogP contribution is -2.34. The number of nitrogens with one attached hydrogen (secondary N) is 1. The Morgan fingerprint density at radius 3 is 2.57 bits per heavy atom. The average molecular weight is 434 g/mol. The van der Waals surface area contributed by atoms with Gasteiger partial charge in [0, 0.05) is 5.02 Å². The Morgan fingerprint density at radius 2 is 1.83 bits per heavy atom. The zero-order valence-corrected chi connectivity index (χ0v) is 17.8. The van der Waals surface area contributed by atoms with Crippen LogP contribution in [0.1, 0.15) is 31.0 Å². The summed E-state index contributed by atoms with van der Waals surface area (Å²) >= 11 is 5.92. The summed E-state index contributed by atoms with van der Waals surface area (Å²) in [5.74, 6) is 0.810. The predicted molar refractivity (Wildman–Crippen MR) is 111 cm³/mol. The highest BCUT2D eigenvalue weighted by Gasteiger charge is 2.20. The largest absolute Gasteiger partial charge is 0.486 e. The van der Waals surface area contributed by atoms with E-state index in [1.165, 1.54) is 0 Å². The molecule has 2 aromatic rings. The third kappa shape index (κ3) is 5.57. The number of aryl methyl sites for hydroxylation is 1. The van der Waals surface area contributed by atoms with Gasteiger partial charge in [-0.05, 0) is 62.2 Å². The highest BCUT2D eigenvalue weighted by Crippen LogP contribution is 2.32. The van der Waals surface area contributed by atoms with Gasteiger partial charge in [0.05, 0.1) is 6.04 Å². The maximum Gasteiger partial charge on any atom is 0.347 e. The standard InChI is InChI=1S/C22H24ClNO6/c1-13-10-17(23)5-7-18(13)30-15(3)22(26)29-12-21(25)24-14(2)16-4-6-19-20(11-16)28-9-8-27-19/h4-7,10-11,14-15H,8-9,12H2,1-3H3,(H,24,25). The Bertz CT molecular complexity index is 932. The zero-order valence-electron chi connectivity index (χ0n) is 17.1. The topological polar surface area (TPSA) is 83.1 Å². The molecule has 7 nitrogen and oxygen atoms in total. The monoisotopic (exact) mass is 433 g/mol. The van der Waals surface area contributed by atoms with Crippen molar-refractivity contribution in [2.45, 2.75) is 32.9 Å². The van der Waals surface area contributed by atoms with E-state index in [9.17, 15) is 9.59 Å². The zero-order chi connectivity index (χ0) is 21.7. The molecule has 1 N–H and O–H groups in total. The lowest BCUT2D eigenvalue weighted by atomic mass is 10.1. The van der Waals surface area contributed by atoms with Crippen molar-refractivity contribution in [2.24, 2.45) is 0 Å². The van der Waals surface area contributed by atoms with Crippen LogP contribution in [-0.4, -0.2) is 37.8 Å². The molecule has 1 aliphatic rings. The number of esters is 1. The van der Waals surface area contributed by atoms with Crippen LogP contribution >= 0.6 is 11.6 Å². The molecule has 0 spiro atoms. The Kier molecular flexibility index (Phi) is 7.05. The van der Waals surface area contributed by atoms with Gasteiger partial charge in [-0.25, -0.2) is 4.79 Å². The first-order chi connectivity index (χ1) is 14.3. The fourth-order valence-electron chi connectivity index (χ4n) is 2.93. The number of benzene rings is 2. The fourth-order valence-corrected chi connectivity index (χ4v) is 3.16. The molecule has 0 fully saturated rings. The maximum absolute atomic E-state index is 12.2. The number of hydrogen-bond donors (Lipinski definition) is 1. The Labute approximate surface area is 180 Å². The molecule has 0 saturated heterocycles. The quantitative estimate of drug-likeness (QED) is 0.671. The number of carbonyl (C=O) groups is 2. The van der Waals surface area contributed by atoms with Crippen LogP contribution in [0, 0.1) is 6.92 Å². The van der Waals surface area contributed by atoms with Crippen molar-refractivity contribution in [3.63, 3.8) is 0 Å². The van der Waals surface area contributed by atoms with Gasteiger partial charge in [0.2, 0.25) is 0 Å². The molecule has 1 amide bonds. The number of amides is 1. The highest BCUT2D eigenvalue weighted by molar-refractivity contribution is 6.30. The number of rotatable bonds is 7. The summed E-state index contributed by atoms with van der Waals surface area (Å²) in [7, 11) is 0. The Balaban J connectivity index is 1.48. The van der Waals surface area contributed by atoms with E-state index in [4.69, 9.17) is 30.5 Å². The molecule has 8 heteroatoms. The van der Waals surface area contributed by atoms with Crippen LogP contribution in [0.4, 0.5) is 0 Å². The first-order valence-corrected chi connectivity index (χ1v) is 9.99. The fraction of sp³-hybridized carbons (Fsp3) is 0.364. The van der Waals surface area contributed by atoms with Crippen molar-refractivity contribution in [2.75, 3.05) is 19.8 Å². The SMILES string of the molecule is Cc1cc(Cl)ccc1OC(C)C(=O)OCC(=O)NC(C)c1ccc2c(c1)OCCO2. The van der Waals surface area contributed by atoms with Crippen molar-refractivity contribution in [3.05, 3.63) is 52.5 Å². The first-order valence-electron chi connectivity index (χ1n) is 9.62. The summed E-state index contributed by atoms with van der Waals surface area (Å²) in [6.07, 6.45) is -0.868. The molecule has 1 heterocycles. The number of fused-ring (bicyclic) bond motifs is 1. The molecular weight excluding hydrogens is 410 g/mol. The minimum atomic E-state index is -0.868. The third-order valence-electron chi connectivity index (χ3n) is 4.56. The normalized spacial score (nSPS) is 14.4. The predicted octanol–water partition coefficient (Wildman–Crippen LogP) is 3.61. The number of halogens is 1. The lowest BCUT2D eigenvalue weighted by Gasteiger charge is -2.21. The third-order valence-corrected chi connectivity index (χ3v) is 4.80. The van der Waals surface area contributed by atoms with Gasteiger partial charge >= 0.3 is 5.97 Å². The summed E-state index contributed by atoms with van der Waals surface area (Å²) in [5, 5.41) is 3.38. The van der Waals surface area contributed by atoms with Crippen LogP contribution < -0.4 is 19.5 Å². The molecule has 0 saturated carbocycles. The molecule has 0 aliphatic carbocycles. The summed E-state index contributed by atoms with van der Waals surface area (Å²) in [6, 6.07) is 10.3. The molecule has 30 heavy (non-hydrogen) atoms. The van der Waals surface area contributed by atoms with Gasteiger partial charge in [-0.2, -0.15) is 0 Å². The minimum absolute atomic E-state index is 0.294. The minimum Gasteiger partial charge on any atom is -0.486 e. The van der Waals surface area contributed by atoms with Gasteiger partial charge in [-0.1, -0.05) is 17.7 Å². The Hall–Kier alpha value is -2.93. The molecule has 160 valence electrons. The van der Waals surface area contributed by atoms with E-state index < -0.39 is 24.6 Å². The van der Waals surface area contributed by atoms with E-state index in [0.29, 0.717) is 35.5 Å². The lowest BCUT2D eigenvalue weighted by molar-refractivity contribution is -0.154. The van der Waals surface area contributed by atoms with Gasteiger partial charge in [-0.15, -0.1) is 0 Å². The van der Waals surface area contributed by atoms with E-state index in [1.54, 1.807) is 25.1 Å². The van der Waals surface area contributed by atoms with Crippen molar-refractivity contribution in [1.29, 1.82) is 0 Å². The van der Waals surface area contributed by atoms with Crippen molar-refractivity contribution < 1.29 is 28.5 Å². The summed E-state index contributed by atoms with van der Waals surface area (Å²) in [4.78, 5) is 24.4. The van der Waals surface area contributed by atoms with E-state index in [-0.39, 0.29) is 6.04 Å². The van der Waals surface area contributed by atoms with Gasteiger partial charge in [-0.3, -0.25) is 4.79 Å². The second-order valence-electron chi connectivity index (χ2n) is 6.97. The van der Waals surface area contributed by atoms with Gasteiger partial charge in [0.1, 0.15) is 19.0 Å². The van der Waals surface area contributed by atoms with Crippen LogP contribution in [0.2, 0.25) is 5.02 Å². The van der Waals surface area contributed by atoms with E-state index >= 15 is 0 Å². The van der Waals surface area contributed by atoms with Crippen LogP contribution in [0.15, 0.2) is 36.4 Å². The molecule has 0 bridgehead atoms. The molecule has 0 aromatic heterocycles. The van der Waals surface area contributed by atoms with Gasteiger partial charge in [0.25, 0.3) is 5.91 Å². The van der Waals surface area contributed by atoms with Crippen LogP contribution in [0.5, 0.6) is 17.2 Å². The Morgan fingerprint density at radius 1 is 1.10 bits per heavy atom. The molecule has 2 aromatic carbocycles. The van der Waals surface area contributed by atoms with E-state index in [1.807, 2.05) is 32.0 Å². The number of ether oxygens (including phenoxy) is 4. The van der Waals surface area contributed by atoms with Crippen LogP contribution in [0.25, 0.3) is 0 Å². The molecule has 2 atom stereocenters. The van der Waals surface area contributed by atoms with Gasteiger partial charge < -0.3 is 24.3 Å².